The Morgan fingerprint density at radius 3 is 1.70 bits per heavy atom. The van der Waals surface area contributed by atoms with E-state index in [-0.39, 0.29) is 13.0 Å². The Morgan fingerprint density at radius 1 is 0.648 bits per heavy atom. The molecule has 8 atom stereocenters. The number of nitrogens with one attached hydrogen (secondary N) is 1. The number of aliphatic hydroxyl groups excluding tert-OH is 6. The van der Waals surface area contributed by atoms with Crippen LogP contribution in [0, 0.1) is 0 Å². The summed E-state index contributed by atoms with van der Waals surface area (Å²) in [4.78, 5) is 13.0. The summed E-state index contributed by atoms with van der Waals surface area (Å²) in [5.41, 5.74) is 0. The highest BCUT2D eigenvalue weighted by molar-refractivity contribution is 5.80. The molecule has 1 heterocycles. The van der Waals surface area contributed by atoms with Crippen molar-refractivity contribution in [3.05, 3.63) is 60.8 Å². The van der Waals surface area contributed by atoms with Gasteiger partial charge in [-0.2, -0.15) is 0 Å². The van der Waals surface area contributed by atoms with E-state index in [2.05, 4.69) is 55.6 Å². The Bertz CT molecular complexity index is 1040. The van der Waals surface area contributed by atoms with Crippen molar-refractivity contribution < 1.29 is 44.9 Å². The maximum Gasteiger partial charge on any atom is 0.249 e. The number of allylic oxidation sites excluding steroid dienone is 9. The Balaban J connectivity index is 2.54. The average molecular weight is 764 g/mol. The largest absolute Gasteiger partial charge is 0.394 e. The summed E-state index contributed by atoms with van der Waals surface area (Å²) < 4.78 is 11.1. The molecule has 0 aromatic carbocycles. The van der Waals surface area contributed by atoms with E-state index in [0.717, 1.165) is 44.9 Å². The van der Waals surface area contributed by atoms with Gasteiger partial charge in [0.2, 0.25) is 5.91 Å². The quantitative estimate of drug-likeness (QED) is 0.0274. The smallest absolute Gasteiger partial charge is 0.249 e. The van der Waals surface area contributed by atoms with Gasteiger partial charge in [0.1, 0.15) is 30.5 Å². The topological polar surface area (TPSA) is 169 Å². The van der Waals surface area contributed by atoms with Crippen LogP contribution < -0.4 is 5.32 Å². The third-order valence-electron chi connectivity index (χ3n) is 9.70. The maximum absolute atomic E-state index is 13.0. The normalized spacial score (nSPS) is 22.7. The average Bonchev–Trinajstić information content (AvgIpc) is 3.17. The van der Waals surface area contributed by atoms with Gasteiger partial charge in [0.15, 0.2) is 6.29 Å². The summed E-state index contributed by atoms with van der Waals surface area (Å²) in [7, 11) is 0. The van der Waals surface area contributed by atoms with Crippen molar-refractivity contribution in [2.75, 3.05) is 13.2 Å². The minimum atomic E-state index is -1.62. The van der Waals surface area contributed by atoms with Gasteiger partial charge in [-0.25, -0.2) is 0 Å². The fourth-order valence-electron chi connectivity index (χ4n) is 6.15. The molecule has 1 amide bonds. The van der Waals surface area contributed by atoms with Crippen LogP contribution in [0.5, 0.6) is 0 Å². The summed E-state index contributed by atoms with van der Waals surface area (Å²) in [6, 6.07) is -1.01. The lowest BCUT2D eigenvalue weighted by Gasteiger charge is -2.40. The molecule has 1 rings (SSSR count). The molecular weight excluding hydrogens is 686 g/mol. The molecular formula is C44H77NO9. The third-order valence-corrected chi connectivity index (χ3v) is 9.70. The minimum absolute atomic E-state index is 0.186. The second-order valence-electron chi connectivity index (χ2n) is 14.6. The number of unbranched alkanes of at least 4 members (excludes halogenated alkanes) is 14. The molecule has 0 bridgehead atoms. The maximum atomic E-state index is 13.0. The summed E-state index contributed by atoms with van der Waals surface area (Å²) >= 11 is 0. The molecule has 1 aliphatic rings. The van der Waals surface area contributed by atoms with Crippen molar-refractivity contribution >= 4 is 5.91 Å². The van der Waals surface area contributed by atoms with Crippen LogP contribution in [0.2, 0.25) is 0 Å². The van der Waals surface area contributed by atoms with Crippen LogP contribution in [0.15, 0.2) is 60.8 Å². The van der Waals surface area contributed by atoms with E-state index >= 15 is 0 Å². The zero-order valence-corrected chi connectivity index (χ0v) is 33.6. The molecule has 0 aromatic heterocycles. The first-order valence-corrected chi connectivity index (χ1v) is 21.1. The molecule has 10 nitrogen and oxygen atoms in total. The first-order chi connectivity index (χ1) is 26.3. The molecule has 1 aliphatic heterocycles. The number of aliphatic hydroxyl groups is 6. The SMILES string of the molecule is CCCCC/C=C\C/C=C\C/C=C\C/C=C\CCC(O)C(=O)N[C@@H](CO[C@@H]1O[C@H](CO)[C@@H](O)[C@H](O)[C@H]1O)[C@H](O)/C=C/CCCCCCCCCCCCC. The monoisotopic (exact) mass is 764 g/mol. The predicted molar refractivity (Wildman–Crippen MR) is 218 cm³/mol. The predicted octanol–water partition coefficient (Wildman–Crippen LogP) is 7.02. The van der Waals surface area contributed by atoms with E-state index in [4.69, 9.17) is 9.47 Å². The molecule has 1 unspecified atom stereocenters. The molecule has 54 heavy (non-hydrogen) atoms. The molecule has 0 radical (unpaired) electrons. The Hall–Kier alpha value is -2.15. The lowest BCUT2D eigenvalue weighted by atomic mass is 9.99. The van der Waals surface area contributed by atoms with Crippen LogP contribution in [-0.4, -0.2) is 98.7 Å². The van der Waals surface area contributed by atoms with E-state index in [1.165, 1.54) is 77.0 Å². The van der Waals surface area contributed by atoms with Crippen molar-refractivity contribution in [1.82, 2.24) is 5.32 Å². The standard InChI is InChI=1S/C44H77NO9/c1-3-5-7-9-11-13-15-17-18-19-21-23-25-27-29-31-33-38(48)43(52)45-36(35-53-44-42(51)41(50)40(49)39(34-46)54-44)37(47)32-30-28-26-24-22-20-16-14-12-10-8-6-4-2/h11,13,17-18,21,23,27,29-30,32,36-42,44,46-51H,3-10,12,14-16,19-20,22,24-26,28,31,33-35H2,1-2H3,(H,45,52)/b13-11-,18-17-,23-21-,29-27-,32-30+/t36-,37+,38?,39+,40+,41-,42+,44+/m0/s1. The molecule has 0 aliphatic carbocycles. The van der Waals surface area contributed by atoms with Gasteiger partial charge < -0.3 is 45.4 Å². The first kappa shape index (κ1) is 49.9. The zero-order valence-electron chi connectivity index (χ0n) is 33.6. The van der Waals surface area contributed by atoms with Crippen LogP contribution in [0.1, 0.15) is 149 Å². The third kappa shape index (κ3) is 24.4. The van der Waals surface area contributed by atoms with Crippen molar-refractivity contribution in [3.63, 3.8) is 0 Å². The molecule has 7 N–H and O–H groups in total. The van der Waals surface area contributed by atoms with Gasteiger partial charge in [0, 0.05) is 0 Å². The number of carbonyl (C=O) groups excluding carboxylic acids is 1. The number of hydrogen-bond donors (Lipinski definition) is 7. The second kappa shape index (κ2) is 34.1. The first-order valence-electron chi connectivity index (χ1n) is 21.1. The summed E-state index contributed by atoms with van der Waals surface area (Å²) in [6.07, 6.45) is 33.1. The van der Waals surface area contributed by atoms with Crippen molar-refractivity contribution in [2.24, 2.45) is 0 Å². The van der Waals surface area contributed by atoms with Crippen LogP contribution in [0.25, 0.3) is 0 Å². The van der Waals surface area contributed by atoms with Gasteiger partial charge in [-0.15, -0.1) is 0 Å². The number of ether oxygens (including phenoxy) is 2. The summed E-state index contributed by atoms with van der Waals surface area (Å²) in [5, 5.41) is 64.4. The van der Waals surface area contributed by atoms with Crippen LogP contribution in [0.3, 0.4) is 0 Å². The fraction of sp³-hybridized carbons (Fsp3) is 0.750. The van der Waals surface area contributed by atoms with E-state index in [1.54, 1.807) is 6.08 Å². The van der Waals surface area contributed by atoms with Crippen molar-refractivity contribution in [2.45, 2.75) is 198 Å². The van der Waals surface area contributed by atoms with Gasteiger partial charge in [0.05, 0.1) is 25.4 Å². The van der Waals surface area contributed by atoms with Crippen LogP contribution in [-0.2, 0) is 14.3 Å². The summed E-state index contributed by atoms with van der Waals surface area (Å²) in [6.45, 7) is 3.51. The van der Waals surface area contributed by atoms with Gasteiger partial charge in [-0.05, 0) is 57.8 Å². The molecule has 0 spiro atoms. The highest BCUT2D eigenvalue weighted by Gasteiger charge is 2.44. The fourth-order valence-corrected chi connectivity index (χ4v) is 6.15. The number of hydrogen-bond acceptors (Lipinski definition) is 9. The highest BCUT2D eigenvalue weighted by Crippen LogP contribution is 2.22. The molecule has 1 saturated heterocycles. The highest BCUT2D eigenvalue weighted by atomic mass is 16.7. The Labute approximate surface area is 327 Å². The molecule has 1 fully saturated rings. The lowest BCUT2D eigenvalue weighted by Crippen LogP contribution is -2.60. The summed E-state index contributed by atoms with van der Waals surface area (Å²) in [5.74, 6) is -0.675. The molecule has 10 heteroatoms. The van der Waals surface area contributed by atoms with Gasteiger partial charge in [-0.3, -0.25) is 4.79 Å². The lowest BCUT2D eigenvalue weighted by molar-refractivity contribution is -0.302. The van der Waals surface area contributed by atoms with Crippen LogP contribution in [0.4, 0.5) is 0 Å². The van der Waals surface area contributed by atoms with Crippen LogP contribution >= 0.6 is 0 Å². The number of amides is 1. The Morgan fingerprint density at radius 2 is 1.13 bits per heavy atom. The van der Waals surface area contributed by atoms with Gasteiger partial charge in [-0.1, -0.05) is 152 Å². The van der Waals surface area contributed by atoms with E-state index < -0.39 is 61.5 Å². The minimum Gasteiger partial charge on any atom is -0.394 e. The molecule has 0 aromatic rings. The number of rotatable bonds is 33. The second-order valence-corrected chi connectivity index (χ2v) is 14.6. The van der Waals surface area contributed by atoms with E-state index in [0.29, 0.717) is 6.42 Å². The van der Waals surface area contributed by atoms with Crippen molar-refractivity contribution in [1.29, 1.82) is 0 Å². The van der Waals surface area contributed by atoms with E-state index in [9.17, 15) is 35.4 Å². The van der Waals surface area contributed by atoms with Gasteiger partial charge >= 0.3 is 0 Å². The molecule has 312 valence electrons. The number of carbonyl (C=O) groups is 1. The zero-order chi connectivity index (χ0) is 39.7. The van der Waals surface area contributed by atoms with Gasteiger partial charge in [0.25, 0.3) is 0 Å². The Kier molecular flexibility index (Phi) is 31.5. The van der Waals surface area contributed by atoms with Crippen molar-refractivity contribution in [3.8, 4) is 0 Å². The molecule has 0 saturated carbocycles. The van der Waals surface area contributed by atoms with E-state index in [1.807, 2.05) is 18.2 Å².